The highest BCUT2D eigenvalue weighted by Gasteiger charge is 2.15. The molecule has 0 saturated heterocycles. The van der Waals surface area contributed by atoms with Crippen LogP contribution in [0.5, 0.6) is 5.75 Å². The van der Waals surface area contributed by atoms with Gasteiger partial charge >= 0.3 is 5.97 Å². The van der Waals surface area contributed by atoms with Crippen molar-refractivity contribution in [2.24, 2.45) is 0 Å². The fraction of sp³-hybridized carbons (Fsp3) is 0.111. The molecule has 1 N–H and O–H groups in total. The van der Waals surface area contributed by atoms with E-state index in [1.54, 1.807) is 25.3 Å². The van der Waals surface area contributed by atoms with Crippen molar-refractivity contribution >= 4 is 28.2 Å². The SMILES string of the molecule is COC(=O)c1cc(Nc2ccccc2OC)c2cccc(F)c2n1. The maximum Gasteiger partial charge on any atom is 0.356 e. The second-order valence-electron chi connectivity index (χ2n) is 5.01. The number of benzene rings is 2. The van der Waals surface area contributed by atoms with Gasteiger partial charge in [-0.05, 0) is 24.3 Å². The maximum atomic E-state index is 14.1. The van der Waals surface area contributed by atoms with Gasteiger partial charge in [0.1, 0.15) is 17.1 Å². The lowest BCUT2D eigenvalue weighted by atomic mass is 10.1. The van der Waals surface area contributed by atoms with Gasteiger partial charge < -0.3 is 14.8 Å². The Morgan fingerprint density at radius 2 is 1.88 bits per heavy atom. The van der Waals surface area contributed by atoms with Crippen LogP contribution in [0.25, 0.3) is 10.9 Å². The summed E-state index contributed by atoms with van der Waals surface area (Å²) in [6.07, 6.45) is 0. The third kappa shape index (κ3) is 2.86. The number of halogens is 1. The van der Waals surface area contributed by atoms with E-state index >= 15 is 0 Å². The lowest BCUT2D eigenvalue weighted by Crippen LogP contribution is -2.06. The zero-order valence-electron chi connectivity index (χ0n) is 13.2. The van der Waals surface area contributed by atoms with Gasteiger partial charge in [-0.1, -0.05) is 24.3 Å². The molecule has 3 aromatic rings. The topological polar surface area (TPSA) is 60.5 Å². The van der Waals surface area contributed by atoms with Crippen LogP contribution < -0.4 is 10.1 Å². The summed E-state index contributed by atoms with van der Waals surface area (Å²) in [5.41, 5.74) is 1.34. The summed E-state index contributed by atoms with van der Waals surface area (Å²) < 4.78 is 24.1. The number of ether oxygens (including phenoxy) is 2. The minimum Gasteiger partial charge on any atom is -0.495 e. The van der Waals surface area contributed by atoms with Crippen LogP contribution in [0, 0.1) is 5.82 Å². The molecule has 0 atom stereocenters. The van der Waals surface area contributed by atoms with E-state index < -0.39 is 11.8 Å². The van der Waals surface area contributed by atoms with Crippen LogP contribution in [0.4, 0.5) is 15.8 Å². The summed E-state index contributed by atoms with van der Waals surface area (Å²) in [5.74, 6) is -0.525. The molecule has 1 heterocycles. The number of methoxy groups -OCH3 is 2. The molecule has 24 heavy (non-hydrogen) atoms. The van der Waals surface area contributed by atoms with Crippen LogP contribution in [0.1, 0.15) is 10.5 Å². The fourth-order valence-electron chi connectivity index (χ4n) is 2.42. The fourth-order valence-corrected chi connectivity index (χ4v) is 2.42. The van der Waals surface area contributed by atoms with Gasteiger partial charge in [-0.15, -0.1) is 0 Å². The van der Waals surface area contributed by atoms with E-state index in [1.165, 1.54) is 19.2 Å². The van der Waals surface area contributed by atoms with Crippen molar-refractivity contribution < 1.29 is 18.7 Å². The number of nitrogens with one attached hydrogen (secondary N) is 1. The third-order valence-electron chi connectivity index (χ3n) is 3.56. The average molecular weight is 326 g/mol. The van der Waals surface area contributed by atoms with Crippen LogP contribution in [0.3, 0.4) is 0 Å². The minimum atomic E-state index is -0.636. The number of esters is 1. The number of aromatic nitrogens is 1. The lowest BCUT2D eigenvalue weighted by molar-refractivity contribution is 0.0594. The number of nitrogens with zero attached hydrogens (tertiary/aromatic N) is 1. The summed E-state index contributed by atoms with van der Waals surface area (Å²) in [7, 11) is 2.81. The predicted molar refractivity (Wildman–Crippen MR) is 89.3 cm³/mol. The van der Waals surface area contributed by atoms with Gasteiger partial charge in [0.25, 0.3) is 0 Å². The summed E-state index contributed by atoms with van der Waals surface area (Å²) in [6, 6.07) is 13.4. The molecule has 0 aliphatic heterocycles. The Morgan fingerprint density at radius 1 is 1.08 bits per heavy atom. The number of rotatable bonds is 4. The smallest absolute Gasteiger partial charge is 0.356 e. The van der Waals surface area contributed by atoms with Crippen molar-refractivity contribution in [1.29, 1.82) is 0 Å². The van der Waals surface area contributed by atoms with Crippen LogP contribution in [0.15, 0.2) is 48.5 Å². The summed E-state index contributed by atoms with van der Waals surface area (Å²) >= 11 is 0. The number of carbonyl (C=O) groups excluding carboxylic acids is 1. The van der Waals surface area contributed by atoms with Crippen molar-refractivity contribution in [3.63, 3.8) is 0 Å². The molecule has 0 fully saturated rings. The highest BCUT2D eigenvalue weighted by molar-refractivity contribution is 5.99. The zero-order chi connectivity index (χ0) is 17.1. The largest absolute Gasteiger partial charge is 0.495 e. The maximum absolute atomic E-state index is 14.1. The molecule has 0 spiro atoms. The Hall–Kier alpha value is -3.15. The Labute approximate surface area is 138 Å². The molecule has 0 radical (unpaired) electrons. The Morgan fingerprint density at radius 3 is 2.62 bits per heavy atom. The molecular formula is C18H15FN2O3. The van der Waals surface area contributed by atoms with Crippen molar-refractivity contribution in [2.45, 2.75) is 0 Å². The monoisotopic (exact) mass is 326 g/mol. The lowest BCUT2D eigenvalue weighted by Gasteiger charge is -2.14. The van der Waals surface area contributed by atoms with Crippen LogP contribution in [0.2, 0.25) is 0 Å². The Kier molecular flexibility index (Phi) is 4.29. The Bertz CT molecular complexity index is 912. The first-order chi connectivity index (χ1) is 11.6. The quantitative estimate of drug-likeness (QED) is 0.737. The summed E-state index contributed by atoms with van der Waals surface area (Å²) in [4.78, 5) is 15.9. The van der Waals surface area contributed by atoms with Crippen molar-refractivity contribution in [3.05, 3.63) is 60.0 Å². The van der Waals surface area contributed by atoms with Crippen molar-refractivity contribution in [1.82, 2.24) is 4.98 Å². The molecular weight excluding hydrogens is 311 g/mol. The zero-order valence-corrected chi connectivity index (χ0v) is 13.2. The van der Waals surface area contributed by atoms with Gasteiger partial charge in [-0.25, -0.2) is 14.2 Å². The first-order valence-electron chi connectivity index (χ1n) is 7.21. The molecule has 0 bridgehead atoms. The molecule has 0 saturated carbocycles. The van der Waals surface area contributed by atoms with Gasteiger partial charge in [0, 0.05) is 5.39 Å². The van der Waals surface area contributed by atoms with Crippen LogP contribution >= 0.6 is 0 Å². The third-order valence-corrected chi connectivity index (χ3v) is 3.56. The van der Waals surface area contributed by atoms with Crippen LogP contribution in [-0.2, 0) is 4.74 Å². The highest BCUT2D eigenvalue weighted by atomic mass is 19.1. The van der Waals surface area contributed by atoms with E-state index in [4.69, 9.17) is 9.47 Å². The number of hydrogen-bond donors (Lipinski definition) is 1. The standard InChI is InChI=1S/C18H15FN2O3/c1-23-16-9-4-3-8-13(16)20-14-10-15(18(22)24-2)21-17-11(14)6-5-7-12(17)19/h3-10H,1-2H3,(H,20,21). The predicted octanol–water partition coefficient (Wildman–Crippen LogP) is 3.91. The van der Waals surface area contributed by atoms with Crippen molar-refractivity contribution in [2.75, 3.05) is 19.5 Å². The van der Waals surface area contributed by atoms with Crippen LogP contribution in [-0.4, -0.2) is 25.2 Å². The molecule has 1 aromatic heterocycles. The molecule has 122 valence electrons. The number of anilines is 2. The van der Waals surface area contributed by atoms with Crippen molar-refractivity contribution in [3.8, 4) is 5.75 Å². The Balaban J connectivity index is 2.18. The van der Waals surface area contributed by atoms with Gasteiger partial charge in [0.05, 0.1) is 25.6 Å². The molecule has 0 amide bonds. The number of hydrogen-bond acceptors (Lipinski definition) is 5. The normalized spacial score (nSPS) is 10.5. The van der Waals surface area contributed by atoms with Gasteiger partial charge in [-0.2, -0.15) is 0 Å². The number of fused-ring (bicyclic) bond motifs is 1. The first kappa shape index (κ1) is 15.7. The van der Waals surface area contributed by atoms with E-state index in [1.807, 2.05) is 18.2 Å². The molecule has 2 aromatic carbocycles. The number of para-hydroxylation sites is 3. The van der Waals surface area contributed by atoms with Gasteiger partial charge in [0.2, 0.25) is 0 Å². The van der Waals surface area contributed by atoms with Gasteiger partial charge in [0.15, 0.2) is 5.69 Å². The molecule has 0 unspecified atom stereocenters. The summed E-state index contributed by atoms with van der Waals surface area (Å²) in [5, 5.41) is 3.72. The van der Waals surface area contributed by atoms with E-state index in [2.05, 4.69) is 10.3 Å². The van der Waals surface area contributed by atoms with Gasteiger partial charge in [-0.3, -0.25) is 0 Å². The number of carbonyl (C=O) groups is 1. The molecule has 5 nitrogen and oxygen atoms in total. The second kappa shape index (κ2) is 6.54. The molecule has 0 aliphatic rings. The second-order valence-corrected chi connectivity index (χ2v) is 5.01. The first-order valence-corrected chi connectivity index (χ1v) is 7.21. The van der Waals surface area contributed by atoms with E-state index in [-0.39, 0.29) is 11.2 Å². The van der Waals surface area contributed by atoms with E-state index in [0.29, 0.717) is 22.5 Å². The average Bonchev–Trinajstić information content (AvgIpc) is 2.62. The number of pyridine rings is 1. The molecule has 6 heteroatoms. The molecule has 0 aliphatic carbocycles. The van der Waals surface area contributed by atoms with E-state index in [9.17, 15) is 9.18 Å². The minimum absolute atomic E-state index is 0.0208. The highest BCUT2D eigenvalue weighted by Crippen LogP contribution is 2.32. The summed E-state index contributed by atoms with van der Waals surface area (Å²) in [6.45, 7) is 0. The molecule has 3 rings (SSSR count). The van der Waals surface area contributed by atoms with E-state index in [0.717, 1.165) is 0 Å².